The Morgan fingerprint density at radius 2 is 0.462 bits per heavy atom. The molecule has 0 aliphatic rings. The molecule has 21 rings (SSSR count). The molecule has 106 heavy (non-hydrogen) atoms. The molecule has 0 saturated carbocycles. The van der Waals surface area contributed by atoms with Crippen LogP contribution in [0.3, 0.4) is 0 Å². The van der Waals surface area contributed by atoms with Gasteiger partial charge in [-0.2, -0.15) is 0 Å². The molecular weight excluding hydrogens is 1290 g/mol. The lowest BCUT2D eigenvalue weighted by Crippen LogP contribution is -2.05. The van der Waals surface area contributed by atoms with Crippen molar-refractivity contribution in [1.29, 1.82) is 0 Å². The molecule has 0 N–H and O–H groups in total. The Morgan fingerprint density at radius 3 is 0.925 bits per heavy atom. The van der Waals surface area contributed by atoms with E-state index in [1.165, 1.54) is 59.9 Å². The molecule has 21 aromatic rings. The molecule has 0 aliphatic carbocycles. The van der Waals surface area contributed by atoms with E-state index in [4.69, 9.17) is 9.97 Å². The van der Waals surface area contributed by atoms with Gasteiger partial charge in [0, 0.05) is 71.3 Å². The first-order valence-corrected chi connectivity index (χ1v) is 36.3. The van der Waals surface area contributed by atoms with E-state index >= 15 is 0 Å². The smallest absolute Gasteiger partial charge is 0.235 e. The molecule has 0 radical (unpaired) electrons. The summed E-state index contributed by atoms with van der Waals surface area (Å²) in [5, 5.41) is 9.47. The van der Waals surface area contributed by atoms with Crippen LogP contribution < -0.4 is 0 Å². The molecule has 0 amide bonds. The number of nitrogens with zero attached hydrogens (tertiary/aromatic N) is 6. The maximum atomic E-state index is 5.92. The topological polar surface area (TPSA) is 45.5 Å². The van der Waals surface area contributed by atoms with Crippen LogP contribution in [0, 0.1) is 0 Å². The minimum atomic E-state index is 0.566. The number of benzene rings is 16. The van der Waals surface area contributed by atoms with E-state index in [1.807, 2.05) is 0 Å². The van der Waals surface area contributed by atoms with Crippen molar-refractivity contribution < 1.29 is 0 Å². The second kappa shape index (κ2) is 24.8. The van der Waals surface area contributed by atoms with Gasteiger partial charge in [0.1, 0.15) is 0 Å². The third kappa shape index (κ3) is 9.95. The minimum absolute atomic E-state index is 0.566. The quantitative estimate of drug-likeness (QED) is 0.122. The van der Waals surface area contributed by atoms with Crippen LogP contribution >= 0.6 is 0 Å². The largest absolute Gasteiger partial charge is 0.309 e. The van der Waals surface area contributed by atoms with Crippen LogP contribution in [0.2, 0.25) is 0 Å². The Labute approximate surface area is 612 Å². The zero-order chi connectivity index (χ0) is 69.8. The maximum absolute atomic E-state index is 5.92. The molecular formula is C100H64N6. The van der Waals surface area contributed by atoms with E-state index in [1.54, 1.807) is 0 Å². The van der Waals surface area contributed by atoms with Gasteiger partial charge in [-0.05, 0) is 188 Å². The summed E-state index contributed by atoms with van der Waals surface area (Å²) >= 11 is 0. The van der Waals surface area contributed by atoms with Gasteiger partial charge in [0.15, 0.2) is 0 Å². The molecule has 6 nitrogen and oxygen atoms in total. The van der Waals surface area contributed by atoms with Crippen molar-refractivity contribution in [3.63, 3.8) is 0 Å². The standard InChI is InChI=1S/C100H64N6/c1-5-26-65(27-6-1)76-36-13-14-38-78(76)71-48-53-80(79-39-16-15-37-77(79)66-28-7-2-8-29-66)85(63-71)91-64-90(101-100(102-91)106-95-47-24-20-43-84(95)89-62-70(52-57-99(89)106)68-50-55-97-87(60-68)82-41-18-22-45-93(82)104(97)74-33-11-4-12-34-74)72-30-25-35-75(58-72)105-94-46-23-19-42-83(94)88-61-69(51-56-98(88)105)67-49-54-96-86(59-67)81-40-17-21-44-92(81)103(96)73-31-9-3-10-32-73/h1-64H. The van der Waals surface area contributed by atoms with E-state index in [-0.39, 0.29) is 0 Å². The Balaban J connectivity index is 0.764. The maximum Gasteiger partial charge on any atom is 0.235 e. The Morgan fingerprint density at radius 1 is 0.151 bits per heavy atom. The lowest BCUT2D eigenvalue weighted by Gasteiger charge is -2.19. The van der Waals surface area contributed by atoms with Crippen molar-refractivity contribution in [2.45, 2.75) is 0 Å². The Hall–Kier alpha value is -14.2. The number of rotatable bonds is 12. The molecule has 0 atom stereocenters. The molecule has 494 valence electrons. The second-order valence-corrected chi connectivity index (χ2v) is 27.6. The number of fused-ring (bicyclic) bond motifs is 12. The number of para-hydroxylation sites is 6. The highest BCUT2D eigenvalue weighted by Gasteiger charge is 2.24. The fourth-order valence-electron chi connectivity index (χ4n) is 16.8. The monoisotopic (exact) mass is 1350 g/mol. The van der Waals surface area contributed by atoms with Crippen LogP contribution in [-0.2, 0) is 0 Å². The first-order valence-electron chi connectivity index (χ1n) is 36.3. The highest BCUT2D eigenvalue weighted by Crippen LogP contribution is 2.46. The normalized spacial score (nSPS) is 11.8. The van der Waals surface area contributed by atoms with Crippen molar-refractivity contribution in [2.24, 2.45) is 0 Å². The third-order valence-corrected chi connectivity index (χ3v) is 21.6. The summed E-state index contributed by atoms with van der Waals surface area (Å²) in [5.41, 5.74) is 29.4. The predicted octanol–water partition coefficient (Wildman–Crippen LogP) is 26.2. The lowest BCUT2D eigenvalue weighted by atomic mass is 9.87. The van der Waals surface area contributed by atoms with E-state index in [0.717, 1.165) is 134 Å². The molecule has 0 fully saturated rings. The van der Waals surface area contributed by atoms with E-state index in [0.29, 0.717) is 5.95 Å². The third-order valence-electron chi connectivity index (χ3n) is 21.6. The Kier molecular flexibility index (Phi) is 14.2. The second-order valence-electron chi connectivity index (χ2n) is 27.6. The average Bonchev–Trinajstić information content (AvgIpc) is 1.56. The van der Waals surface area contributed by atoms with Gasteiger partial charge < -0.3 is 13.7 Å². The van der Waals surface area contributed by atoms with E-state index < -0.39 is 0 Å². The fraction of sp³-hybridized carbons (Fsp3) is 0. The van der Waals surface area contributed by atoms with Gasteiger partial charge in [-0.25, -0.2) is 9.97 Å². The highest BCUT2D eigenvalue weighted by atomic mass is 15.2. The minimum Gasteiger partial charge on any atom is -0.309 e. The van der Waals surface area contributed by atoms with Crippen LogP contribution in [0.15, 0.2) is 388 Å². The van der Waals surface area contributed by atoms with Crippen molar-refractivity contribution in [1.82, 2.24) is 28.2 Å². The first-order chi connectivity index (χ1) is 52.6. The fourth-order valence-corrected chi connectivity index (χ4v) is 16.8. The molecule has 6 heteroatoms. The molecule has 0 spiro atoms. The molecule has 16 aromatic carbocycles. The van der Waals surface area contributed by atoms with Crippen molar-refractivity contribution >= 4 is 87.2 Å². The van der Waals surface area contributed by atoms with Crippen LogP contribution in [0.25, 0.3) is 200 Å². The predicted molar refractivity (Wildman–Crippen MR) is 443 cm³/mol. The van der Waals surface area contributed by atoms with Crippen molar-refractivity contribution in [3.8, 4) is 112 Å². The van der Waals surface area contributed by atoms with Gasteiger partial charge in [0.05, 0.1) is 55.5 Å². The van der Waals surface area contributed by atoms with Crippen molar-refractivity contribution in [2.75, 3.05) is 0 Å². The van der Waals surface area contributed by atoms with Crippen LogP contribution in [0.4, 0.5) is 0 Å². The summed E-state index contributed by atoms with van der Waals surface area (Å²) in [4.78, 5) is 11.8. The van der Waals surface area contributed by atoms with Gasteiger partial charge in [-0.1, -0.05) is 267 Å². The average molecular weight is 1350 g/mol. The molecule has 0 aliphatic heterocycles. The number of hydrogen-bond acceptors (Lipinski definition) is 2. The van der Waals surface area contributed by atoms with Gasteiger partial charge in [0.25, 0.3) is 0 Å². The molecule has 5 heterocycles. The summed E-state index contributed by atoms with van der Waals surface area (Å²) in [7, 11) is 0. The van der Waals surface area contributed by atoms with Gasteiger partial charge in [0.2, 0.25) is 5.95 Å². The molecule has 0 saturated heterocycles. The summed E-state index contributed by atoms with van der Waals surface area (Å²) in [5.74, 6) is 0.566. The van der Waals surface area contributed by atoms with E-state index in [2.05, 4.69) is 407 Å². The van der Waals surface area contributed by atoms with Gasteiger partial charge in [-0.15, -0.1) is 0 Å². The Bertz CT molecular complexity index is 7060. The van der Waals surface area contributed by atoms with E-state index in [9.17, 15) is 0 Å². The molecule has 5 aromatic heterocycles. The SMILES string of the molecule is c1ccc(-c2ccccc2-c2ccc(-c3ccccc3-c3ccccc3)c(-c3cc(-c4cccc(-n5c6ccccc6c6cc(-c7ccc8c(c7)c7ccccc7n8-c7ccccc7)ccc65)c4)nc(-n4c5ccccc5c5cc(-c6ccc7c(c6)c6ccccc6n7-c6ccccc6)ccc54)n3)c2)cc1. The van der Waals surface area contributed by atoms with Crippen LogP contribution in [0.5, 0.6) is 0 Å². The number of hydrogen-bond donors (Lipinski definition) is 0. The van der Waals surface area contributed by atoms with Crippen LogP contribution in [0.1, 0.15) is 0 Å². The van der Waals surface area contributed by atoms with Crippen LogP contribution in [-0.4, -0.2) is 28.2 Å². The van der Waals surface area contributed by atoms with Gasteiger partial charge in [-0.3, -0.25) is 4.57 Å². The first kappa shape index (κ1) is 60.6. The van der Waals surface area contributed by atoms with Crippen molar-refractivity contribution in [3.05, 3.63) is 388 Å². The zero-order valence-electron chi connectivity index (χ0n) is 57.6. The zero-order valence-corrected chi connectivity index (χ0v) is 57.6. The number of aromatic nitrogens is 6. The summed E-state index contributed by atoms with van der Waals surface area (Å²) < 4.78 is 9.47. The van der Waals surface area contributed by atoms with Gasteiger partial charge >= 0.3 is 0 Å². The highest BCUT2D eigenvalue weighted by molar-refractivity contribution is 6.15. The summed E-state index contributed by atoms with van der Waals surface area (Å²) in [6, 6.07) is 141. The molecule has 0 bridgehead atoms. The summed E-state index contributed by atoms with van der Waals surface area (Å²) in [6.07, 6.45) is 0. The summed E-state index contributed by atoms with van der Waals surface area (Å²) in [6.45, 7) is 0. The molecule has 0 unspecified atom stereocenters. The lowest BCUT2D eigenvalue weighted by molar-refractivity contribution is 0.995.